The number of aryl methyl sites for hydroxylation is 1. The predicted octanol–water partition coefficient (Wildman–Crippen LogP) is 18.0. The molecule has 7 N–H and O–H groups in total. The van der Waals surface area contributed by atoms with Crippen LogP contribution in [0, 0.1) is 18.8 Å². The molecule has 1 fully saturated rings. The van der Waals surface area contributed by atoms with Crippen LogP contribution in [0.1, 0.15) is 50.7 Å². The number of fused-ring (bicyclic) bond motifs is 1. The van der Waals surface area contributed by atoms with E-state index in [2.05, 4.69) is 395 Å². The molecular formula is C107H102N6O7P4PdS. The summed E-state index contributed by atoms with van der Waals surface area (Å²) in [5.74, 6) is -0.792. The average Bonchev–Trinajstić information content (AvgIpc) is 1.27. The number of sulfonamides is 1. The van der Waals surface area contributed by atoms with Gasteiger partial charge in [0.15, 0.2) is 0 Å². The molecule has 3 amide bonds. The summed E-state index contributed by atoms with van der Waals surface area (Å²) in [6, 6.07) is 146. The Balaban J connectivity index is 0.000000155. The number of aromatic amines is 2. The molecule has 0 unspecified atom stereocenters. The van der Waals surface area contributed by atoms with E-state index in [0.29, 0.717) is 48.8 Å². The van der Waals surface area contributed by atoms with Gasteiger partial charge in [-0.25, -0.2) is 17.9 Å². The van der Waals surface area contributed by atoms with Crippen molar-refractivity contribution in [3.63, 3.8) is 0 Å². The third-order valence-electron chi connectivity index (χ3n) is 21.0. The van der Waals surface area contributed by atoms with Gasteiger partial charge in [-0.15, -0.1) is 0 Å². The monoisotopic (exact) mass is 1840 g/mol. The van der Waals surface area contributed by atoms with Gasteiger partial charge in [0.05, 0.1) is 15.8 Å². The molecular weight excluding hydrogens is 1740 g/mol. The zero-order chi connectivity index (χ0) is 87.0. The second-order valence-corrected chi connectivity index (χ2v) is 40.9. The molecule has 1 heterocycles. The third-order valence-corrected chi connectivity index (χ3v) is 32.4. The van der Waals surface area contributed by atoms with Crippen LogP contribution in [-0.2, 0) is 46.5 Å². The van der Waals surface area contributed by atoms with Crippen LogP contribution in [0.2, 0.25) is 0 Å². The number of rotatable bonds is 24. The molecule has 126 heavy (non-hydrogen) atoms. The number of carbonyl (C=O) groups is 3. The first-order valence-electron chi connectivity index (χ1n) is 41.9. The molecule has 1 aliphatic carbocycles. The number of carboxylic acid groups (broad SMARTS) is 1. The van der Waals surface area contributed by atoms with Gasteiger partial charge in [-0.3, -0.25) is 24.6 Å². The minimum atomic E-state index is -3.63. The molecule has 0 saturated heterocycles. The number of benzene rings is 15. The first-order valence-corrected chi connectivity index (χ1v) is 48.8. The van der Waals surface area contributed by atoms with Crippen LogP contribution in [-0.4, -0.2) is 60.3 Å². The van der Waals surface area contributed by atoms with Gasteiger partial charge in [-0.1, -0.05) is 394 Å². The van der Waals surface area contributed by atoms with Gasteiger partial charge in [-0.05, 0) is 200 Å². The molecule has 15 aromatic carbocycles. The summed E-state index contributed by atoms with van der Waals surface area (Å²) in [5.41, 5.74) is 4.05. The van der Waals surface area contributed by atoms with Crippen molar-refractivity contribution in [2.45, 2.75) is 69.9 Å². The van der Waals surface area contributed by atoms with Crippen LogP contribution >= 0.6 is 31.7 Å². The number of nitrogens with one attached hydrogen (secondary N) is 6. The Morgan fingerprint density at radius 2 is 0.722 bits per heavy atom. The molecule has 1 aromatic heterocycles. The van der Waals surface area contributed by atoms with Gasteiger partial charge < -0.3 is 21.1 Å². The van der Waals surface area contributed by atoms with Crippen molar-refractivity contribution in [1.82, 2.24) is 25.6 Å². The van der Waals surface area contributed by atoms with Crippen LogP contribution in [0.25, 0.3) is 22.0 Å². The second kappa shape index (κ2) is 48.0. The first-order chi connectivity index (χ1) is 61.1. The van der Waals surface area contributed by atoms with Crippen molar-refractivity contribution in [3.05, 3.63) is 446 Å². The third kappa shape index (κ3) is 26.8. The molecule has 13 nitrogen and oxygen atoms in total. The zero-order valence-electron chi connectivity index (χ0n) is 70.4. The molecule has 0 radical (unpaired) electrons. The Hall–Kier alpha value is -11.9. The molecule has 1 atom stereocenters. The van der Waals surface area contributed by atoms with E-state index in [1.165, 1.54) is 63.7 Å². The van der Waals surface area contributed by atoms with Crippen molar-refractivity contribution in [2.24, 2.45) is 11.8 Å². The maximum Gasteiger partial charge on any atom is 0.404 e. The summed E-state index contributed by atoms with van der Waals surface area (Å²) >= 11 is 0. The maximum absolute atomic E-state index is 13.7. The number of anilines is 1. The molecule has 17 rings (SSSR count). The maximum atomic E-state index is 13.7. The summed E-state index contributed by atoms with van der Waals surface area (Å²) in [7, 11) is -5.42. The molecule has 0 aliphatic heterocycles. The SMILES string of the molecule is Cc1cc(S(=O)(=O)NC(C)C)ccc1-c1ccc(C[C@H](NC(=O)C2CCC(CNC(=O)O)CC2)C(=O)Nc2ccc3c(=O)[nH][nH]c3c2)cc1.[Pd].c1ccc(P(c2ccccc2)c2ccccc2)cc1.c1ccc(P(c2ccccc2)c2ccccc2)cc1.c1ccc(P(c2ccccc2)c2ccccc2)cc1.c1ccc(P(c2ccccc2)c2ccccc2)cc1. The van der Waals surface area contributed by atoms with Crippen LogP contribution in [0.3, 0.4) is 0 Å². The van der Waals surface area contributed by atoms with Crippen molar-refractivity contribution >= 4 is 140 Å². The number of H-pyrrole nitrogens is 2. The van der Waals surface area contributed by atoms with Gasteiger partial charge in [0.2, 0.25) is 21.8 Å². The minimum Gasteiger partial charge on any atom is -0.465 e. The van der Waals surface area contributed by atoms with E-state index >= 15 is 0 Å². The van der Waals surface area contributed by atoms with Crippen LogP contribution in [0.15, 0.2) is 434 Å². The van der Waals surface area contributed by atoms with Crippen LogP contribution in [0.5, 0.6) is 0 Å². The summed E-state index contributed by atoms with van der Waals surface area (Å²) in [6.45, 7) is 5.73. The topological polar surface area (TPSA) is 202 Å². The van der Waals surface area contributed by atoms with Gasteiger partial charge in [0.25, 0.3) is 5.56 Å². The van der Waals surface area contributed by atoms with E-state index in [9.17, 15) is 27.6 Å². The fourth-order valence-corrected chi connectivity index (χ4v) is 25.5. The van der Waals surface area contributed by atoms with Crippen LogP contribution < -0.4 is 89.9 Å². The Labute approximate surface area is 758 Å². The summed E-state index contributed by atoms with van der Waals surface area (Å²) < 4.78 is 27.9. The smallest absolute Gasteiger partial charge is 0.404 e. The fraction of sp³-hybridized carbons (Fsp3) is 0.121. The quantitative estimate of drug-likeness (QED) is 0.0230. The summed E-state index contributed by atoms with van der Waals surface area (Å²) in [5, 5.41) is 39.7. The van der Waals surface area contributed by atoms with Gasteiger partial charge in [-0.2, -0.15) is 0 Å². The van der Waals surface area contributed by atoms with Crippen molar-refractivity contribution < 1.29 is 48.3 Å². The molecule has 19 heteroatoms. The van der Waals surface area contributed by atoms with Crippen molar-refractivity contribution in [2.75, 3.05) is 11.9 Å². The number of aromatic nitrogens is 2. The first kappa shape index (κ1) is 93.2. The molecule has 0 bridgehead atoms. The van der Waals surface area contributed by atoms with E-state index in [4.69, 9.17) is 5.11 Å². The zero-order valence-corrected chi connectivity index (χ0v) is 76.3. The van der Waals surface area contributed by atoms with E-state index in [1.807, 2.05) is 31.2 Å². The largest absolute Gasteiger partial charge is 0.465 e. The Morgan fingerprint density at radius 3 is 1.02 bits per heavy atom. The van der Waals surface area contributed by atoms with Crippen molar-refractivity contribution in [1.29, 1.82) is 0 Å². The number of hydrogen-bond donors (Lipinski definition) is 7. The standard InChI is InChI=1S/C35H42N6O7S.4C18H15P.Pd/c1-20(2)41-49(47,48)27-13-15-28(21(3)16-27)24-8-4-22(5-9-24)17-31(34(44)37-26-12-14-29-30(18-26)39-40-33(29)43)38-32(42)25-10-6-23(7-11-25)19-36-35(45)46;4*1-4-10-16(11-5-1)19(17-12-6-2-7-13-17)18-14-8-3-9-15-18;/h4-5,8-9,12-16,18,20,23,25,31,36,41H,6-7,10-11,17,19H2,1-3H3,(H,37,44)(H,38,42)(H,45,46)(H2,39,40,43);4*1-15H;/t23?,25?,31-;;;;;/m0...../s1. The van der Waals surface area contributed by atoms with Gasteiger partial charge in [0.1, 0.15) is 6.04 Å². The van der Waals surface area contributed by atoms with E-state index < -0.39 is 59.8 Å². The molecule has 1 aliphatic rings. The molecule has 16 aromatic rings. The second-order valence-electron chi connectivity index (χ2n) is 30.3. The Kier molecular flexibility index (Phi) is 35.5. The normalized spacial score (nSPS) is 13.0. The van der Waals surface area contributed by atoms with E-state index in [0.717, 1.165) is 22.3 Å². The summed E-state index contributed by atoms with van der Waals surface area (Å²) in [4.78, 5) is 50.1. The van der Waals surface area contributed by atoms with E-state index in [1.54, 1.807) is 50.2 Å². The molecule has 638 valence electrons. The summed E-state index contributed by atoms with van der Waals surface area (Å²) in [6.07, 6.45) is 1.71. The Bertz CT molecular complexity index is 5330. The van der Waals surface area contributed by atoms with Gasteiger partial charge >= 0.3 is 6.09 Å². The minimum absolute atomic E-state index is 0. The van der Waals surface area contributed by atoms with Crippen molar-refractivity contribution in [3.8, 4) is 11.1 Å². The Morgan fingerprint density at radius 1 is 0.405 bits per heavy atom. The van der Waals surface area contributed by atoms with E-state index in [-0.39, 0.29) is 61.1 Å². The number of carbonyl (C=O) groups excluding carboxylic acids is 2. The number of amides is 3. The number of hydrogen-bond acceptors (Lipinski definition) is 6. The fourth-order valence-electron chi connectivity index (χ4n) is 15.0. The molecule has 0 spiro atoms. The average molecular weight is 1850 g/mol. The van der Waals surface area contributed by atoms with Gasteiger partial charge in [0, 0.05) is 51.0 Å². The predicted molar refractivity (Wildman–Crippen MR) is 527 cm³/mol. The molecule has 1 saturated carbocycles. The van der Waals surface area contributed by atoms with Crippen LogP contribution in [0.4, 0.5) is 10.5 Å².